The van der Waals surface area contributed by atoms with Gasteiger partial charge in [0, 0.05) is 4.90 Å². The second-order valence-electron chi connectivity index (χ2n) is 4.20. The molecule has 1 aromatic heterocycles. The molecule has 0 saturated heterocycles. The highest BCUT2D eigenvalue weighted by atomic mass is 32.2. The fourth-order valence-corrected chi connectivity index (χ4v) is 2.27. The third-order valence-electron chi connectivity index (χ3n) is 2.66. The van der Waals surface area contributed by atoms with Crippen molar-refractivity contribution in [3.8, 4) is 11.8 Å². The first-order chi connectivity index (χ1) is 8.67. The van der Waals surface area contributed by atoms with Gasteiger partial charge in [-0.2, -0.15) is 5.26 Å². The second kappa shape index (κ2) is 5.23. The van der Waals surface area contributed by atoms with Gasteiger partial charge in [-0.25, -0.2) is 4.68 Å². The number of hydrogen-bond acceptors (Lipinski definition) is 4. The summed E-state index contributed by atoms with van der Waals surface area (Å²) in [6, 6.07) is 10.1. The van der Waals surface area contributed by atoms with Gasteiger partial charge < -0.3 is 0 Å². The van der Waals surface area contributed by atoms with E-state index in [1.807, 2.05) is 44.4 Å². The molecule has 4 nitrogen and oxygen atoms in total. The maximum absolute atomic E-state index is 9.06. The van der Waals surface area contributed by atoms with Crippen LogP contribution in [0.4, 0.5) is 0 Å². The summed E-state index contributed by atoms with van der Waals surface area (Å²) in [6.07, 6.45) is 2.03. The van der Waals surface area contributed by atoms with Gasteiger partial charge in [-0.1, -0.05) is 25.1 Å². The molecule has 0 amide bonds. The number of thioether (sulfide) groups is 1. The Hall–Kier alpha value is -1.80. The Labute approximate surface area is 111 Å². The van der Waals surface area contributed by atoms with Gasteiger partial charge in [-0.3, -0.25) is 0 Å². The van der Waals surface area contributed by atoms with E-state index in [9.17, 15) is 0 Å². The van der Waals surface area contributed by atoms with E-state index in [0.29, 0.717) is 5.69 Å². The van der Waals surface area contributed by atoms with Crippen LogP contribution in [0.2, 0.25) is 0 Å². The average Bonchev–Trinajstić information content (AvgIpc) is 2.82. The van der Waals surface area contributed by atoms with Crippen LogP contribution in [-0.4, -0.2) is 21.2 Å². The molecule has 92 valence electrons. The van der Waals surface area contributed by atoms with Gasteiger partial charge in [0.2, 0.25) is 0 Å². The summed E-state index contributed by atoms with van der Waals surface area (Å²) in [5.74, 6) is 0.201. The third kappa shape index (κ3) is 2.24. The highest BCUT2D eigenvalue weighted by molar-refractivity contribution is 7.98. The van der Waals surface area contributed by atoms with Crippen LogP contribution < -0.4 is 0 Å². The van der Waals surface area contributed by atoms with Gasteiger partial charge in [-0.15, -0.1) is 16.9 Å². The first-order valence-electron chi connectivity index (χ1n) is 5.67. The molecule has 0 aliphatic rings. The normalized spacial score (nSPS) is 10.6. The lowest BCUT2D eigenvalue weighted by Crippen LogP contribution is -2.04. The Morgan fingerprint density at radius 3 is 2.78 bits per heavy atom. The summed E-state index contributed by atoms with van der Waals surface area (Å²) >= 11 is 1.68. The standard InChI is InChI=1S/C13H14N4S/c1-9(2)13-12(8-14)15-16-17(13)10-5-4-6-11(7-10)18-3/h4-7,9H,1-3H3. The molecular formula is C13H14N4S. The third-order valence-corrected chi connectivity index (χ3v) is 3.38. The predicted octanol–water partition coefficient (Wildman–Crippen LogP) is 2.98. The number of hydrogen-bond donors (Lipinski definition) is 0. The zero-order valence-electron chi connectivity index (χ0n) is 10.6. The number of nitriles is 1. The van der Waals surface area contributed by atoms with Gasteiger partial charge >= 0.3 is 0 Å². The van der Waals surface area contributed by atoms with Crippen LogP contribution in [0.25, 0.3) is 5.69 Å². The maximum atomic E-state index is 9.06. The lowest BCUT2D eigenvalue weighted by atomic mass is 10.1. The average molecular weight is 258 g/mol. The molecule has 0 saturated carbocycles. The summed E-state index contributed by atoms with van der Waals surface area (Å²) in [7, 11) is 0. The van der Waals surface area contributed by atoms with Gasteiger partial charge in [0.15, 0.2) is 5.69 Å². The Morgan fingerprint density at radius 2 is 2.17 bits per heavy atom. The minimum atomic E-state index is 0.201. The number of benzene rings is 1. The quantitative estimate of drug-likeness (QED) is 0.794. The fraction of sp³-hybridized carbons (Fsp3) is 0.308. The molecule has 0 aliphatic heterocycles. The first-order valence-corrected chi connectivity index (χ1v) is 6.90. The summed E-state index contributed by atoms with van der Waals surface area (Å²) in [6.45, 7) is 4.07. The van der Waals surface area contributed by atoms with Crippen molar-refractivity contribution in [3.05, 3.63) is 35.7 Å². The van der Waals surface area contributed by atoms with E-state index < -0.39 is 0 Å². The molecule has 2 rings (SSSR count). The van der Waals surface area contributed by atoms with Gasteiger partial charge in [0.05, 0.1) is 11.4 Å². The van der Waals surface area contributed by atoms with E-state index in [1.165, 1.54) is 0 Å². The first kappa shape index (κ1) is 12.7. The van der Waals surface area contributed by atoms with E-state index in [1.54, 1.807) is 16.4 Å². The van der Waals surface area contributed by atoms with E-state index in [-0.39, 0.29) is 5.92 Å². The highest BCUT2D eigenvalue weighted by Crippen LogP contribution is 2.23. The Bertz CT molecular complexity index is 595. The van der Waals surface area contributed by atoms with E-state index in [0.717, 1.165) is 16.3 Å². The van der Waals surface area contributed by atoms with E-state index in [2.05, 4.69) is 16.4 Å². The Morgan fingerprint density at radius 1 is 1.39 bits per heavy atom. The van der Waals surface area contributed by atoms with Crippen molar-refractivity contribution >= 4 is 11.8 Å². The minimum absolute atomic E-state index is 0.201. The van der Waals surface area contributed by atoms with Crippen LogP contribution in [0.3, 0.4) is 0 Å². The summed E-state index contributed by atoms with van der Waals surface area (Å²) < 4.78 is 1.75. The molecule has 0 aliphatic carbocycles. The van der Waals surface area contributed by atoms with Crippen molar-refractivity contribution < 1.29 is 0 Å². The largest absolute Gasteiger partial charge is 0.216 e. The maximum Gasteiger partial charge on any atom is 0.186 e. The van der Waals surface area contributed by atoms with Crippen molar-refractivity contribution in [2.75, 3.05) is 6.26 Å². The Kier molecular flexibility index (Phi) is 3.68. The molecule has 0 fully saturated rings. The van der Waals surface area contributed by atoms with Crippen LogP contribution in [0.15, 0.2) is 29.2 Å². The zero-order valence-corrected chi connectivity index (χ0v) is 11.4. The van der Waals surface area contributed by atoms with Gasteiger partial charge in [-0.05, 0) is 30.4 Å². The van der Waals surface area contributed by atoms with Gasteiger partial charge in [0.1, 0.15) is 6.07 Å². The Balaban J connectivity index is 2.57. The van der Waals surface area contributed by atoms with Crippen LogP contribution in [0, 0.1) is 11.3 Å². The van der Waals surface area contributed by atoms with Gasteiger partial charge in [0.25, 0.3) is 0 Å². The molecule has 0 unspecified atom stereocenters. The second-order valence-corrected chi connectivity index (χ2v) is 5.08. The van der Waals surface area contributed by atoms with Crippen molar-refractivity contribution in [2.45, 2.75) is 24.7 Å². The van der Waals surface area contributed by atoms with Crippen molar-refractivity contribution in [1.82, 2.24) is 15.0 Å². The molecule has 2 aromatic rings. The summed E-state index contributed by atoms with van der Waals surface area (Å²) in [5.41, 5.74) is 2.20. The molecule has 0 N–H and O–H groups in total. The van der Waals surface area contributed by atoms with Crippen molar-refractivity contribution in [1.29, 1.82) is 5.26 Å². The molecule has 5 heteroatoms. The molecule has 0 radical (unpaired) electrons. The molecule has 0 spiro atoms. The number of nitrogens with zero attached hydrogens (tertiary/aromatic N) is 4. The molecular weight excluding hydrogens is 244 g/mol. The lowest BCUT2D eigenvalue weighted by Gasteiger charge is -2.09. The van der Waals surface area contributed by atoms with Crippen LogP contribution in [0.5, 0.6) is 0 Å². The molecule has 18 heavy (non-hydrogen) atoms. The SMILES string of the molecule is CSc1cccc(-n2nnc(C#N)c2C(C)C)c1. The minimum Gasteiger partial charge on any atom is -0.216 e. The fourth-order valence-electron chi connectivity index (χ4n) is 1.82. The zero-order chi connectivity index (χ0) is 13.1. The number of rotatable bonds is 3. The topological polar surface area (TPSA) is 54.5 Å². The monoisotopic (exact) mass is 258 g/mol. The molecule has 0 atom stereocenters. The summed E-state index contributed by atoms with van der Waals surface area (Å²) in [4.78, 5) is 1.16. The highest BCUT2D eigenvalue weighted by Gasteiger charge is 2.17. The van der Waals surface area contributed by atoms with E-state index >= 15 is 0 Å². The van der Waals surface area contributed by atoms with Crippen molar-refractivity contribution in [2.24, 2.45) is 0 Å². The van der Waals surface area contributed by atoms with Crippen LogP contribution in [-0.2, 0) is 0 Å². The summed E-state index contributed by atoms with van der Waals surface area (Å²) in [5, 5.41) is 17.1. The lowest BCUT2D eigenvalue weighted by molar-refractivity contribution is 0.714. The van der Waals surface area contributed by atoms with Crippen molar-refractivity contribution in [3.63, 3.8) is 0 Å². The predicted molar refractivity (Wildman–Crippen MR) is 71.9 cm³/mol. The molecule has 1 aromatic carbocycles. The van der Waals surface area contributed by atoms with E-state index in [4.69, 9.17) is 5.26 Å². The smallest absolute Gasteiger partial charge is 0.186 e. The van der Waals surface area contributed by atoms with Crippen LogP contribution >= 0.6 is 11.8 Å². The molecule has 0 bridgehead atoms. The van der Waals surface area contributed by atoms with Crippen LogP contribution in [0.1, 0.15) is 31.2 Å². The number of aromatic nitrogens is 3. The molecule has 1 heterocycles.